The van der Waals surface area contributed by atoms with Crippen molar-refractivity contribution in [3.63, 3.8) is 0 Å². The summed E-state index contributed by atoms with van der Waals surface area (Å²) < 4.78 is 0. The van der Waals surface area contributed by atoms with Crippen LogP contribution < -0.4 is 10.2 Å². The van der Waals surface area contributed by atoms with Crippen LogP contribution in [-0.2, 0) is 4.79 Å². The number of benzene rings is 3. The van der Waals surface area contributed by atoms with E-state index in [9.17, 15) is 9.59 Å². The summed E-state index contributed by atoms with van der Waals surface area (Å²) in [6.45, 7) is 2.86. The number of piperazine rings is 1. The zero-order chi connectivity index (χ0) is 22.3. The van der Waals surface area contributed by atoms with E-state index in [0.717, 1.165) is 24.3 Å². The minimum absolute atomic E-state index is 0.0335. The first-order chi connectivity index (χ1) is 15.6. The van der Waals surface area contributed by atoms with Gasteiger partial charge in [0.2, 0.25) is 5.91 Å². The summed E-state index contributed by atoms with van der Waals surface area (Å²) >= 11 is 6.10. The first-order valence-corrected chi connectivity index (χ1v) is 10.9. The molecule has 0 radical (unpaired) electrons. The van der Waals surface area contributed by atoms with Crippen LogP contribution in [0.3, 0.4) is 0 Å². The van der Waals surface area contributed by atoms with Crippen molar-refractivity contribution >= 4 is 40.9 Å². The van der Waals surface area contributed by atoms with Crippen molar-refractivity contribution in [3.8, 4) is 0 Å². The van der Waals surface area contributed by atoms with Gasteiger partial charge in [0.05, 0.1) is 10.6 Å². The van der Waals surface area contributed by atoms with Crippen LogP contribution in [0.1, 0.15) is 15.9 Å². The van der Waals surface area contributed by atoms with E-state index in [-0.39, 0.29) is 11.8 Å². The summed E-state index contributed by atoms with van der Waals surface area (Å²) in [4.78, 5) is 29.0. The molecule has 162 valence electrons. The molecule has 2 amide bonds. The standard InChI is InChI=1S/C26H24ClN3O2/c27-24-9-5-4-8-23(24)26(32)28-21-11-13-22(14-12-21)29-16-18-30(19-17-29)25(31)15-10-20-6-2-1-3-7-20/h1-15H,16-19H2,(H,28,32)/b15-10-. The fraction of sp³-hybridized carbons (Fsp3) is 0.154. The third kappa shape index (κ3) is 5.37. The van der Waals surface area contributed by atoms with Crippen LogP contribution in [0.15, 0.2) is 84.9 Å². The molecule has 0 atom stereocenters. The Bertz CT molecular complexity index is 1110. The molecule has 3 aromatic carbocycles. The molecule has 1 fully saturated rings. The first-order valence-electron chi connectivity index (χ1n) is 10.5. The maximum atomic E-state index is 12.5. The van der Waals surface area contributed by atoms with Crippen molar-refractivity contribution in [1.82, 2.24) is 4.90 Å². The fourth-order valence-electron chi connectivity index (χ4n) is 3.62. The Hall–Kier alpha value is -3.57. The van der Waals surface area contributed by atoms with Crippen LogP contribution in [0.5, 0.6) is 0 Å². The van der Waals surface area contributed by atoms with Crippen LogP contribution in [-0.4, -0.2) is 42.9 Å². The van der Waals surface area contributed by atoms with Crippen LogP contribution in [0.4, 0.5) is 11.4 Å². The number of amides is 2. The third-order valence-electron chi connectivity index (χ3n) is 5.42. The third-order valence-corrected chi connectivity index (χ3v) is 5.75. The highest BCUT2D eigenvalue weighted by atomic mass is 35.5. The Labute approximate surface area is 192 Å². The minimum atomic E-state index is -0.237. The Morgan fingerprint density at radius 2 is 1.47 bits per heavy atom. The van der Waals surface area contributed by atoms with E-state index in [4.69, 9.17) is 11.6 Å². The molecule has 1 heterocycles. The maximum Gasteiger partial charge on any atom is 0.257 e. The molecule has 1 aliphatic heterocycles. The number of halogens is 1. The number of rotatable bonds is 5. The van der Waals surface area contributed by atoms with Gasteiger partial charge in [0.25, 0.3) is 5.91 Å². The van der Waals surface area contributed by atoms with Gasteiger partial charge in [0.15, 0.2) is 0 Å². The van der Waals surface area contributed by atoms with E-state index in [2.05, 4.69) is 10.2 Å². The second-order valence-corrected chi connectivity index (χ2v) is 7.94. The Kier molecular flexibility index (Phi) is 6.87. The quantitative estimate of drug-likeness (QED) is 0.565. The van der Waals surface area contributed by atoms with Gasteiger partial charge >= 0.3 is 0 Å². The van der Waals surface area contributed by atoms with E-state index in [1.807, 2.05) is 65.6 Å². The van der Waals surface area contributed by atoms with Crippen LogP contribution in [0.25, 0.3) is 6.08 Å². The van der Waals surface area contributed by atoms with Crippen LogP contribution in [0, 0.1) is 0 Å². The average Bonchev–Trinajstić information content (AvgIpc) is 2.84. The average molecular weight is 446 g/mol. The predicted molar refractivity (Wildman–Crippen MR) is 130 cm³/mol. The van der Waals surface area contributed by atoms with E-state index in [1.54, 1.807) is 30.3 Å². The van der Waals surface area contributed by atoms with Gasteiger partial charge in [-0.2, -0.15) is 0 Å². The lowest BCUT2D eigenvalue weighted by molar-refractivity contribution is -0.126. The van der Waals surface area contributed by atoms with Gasteiger partial charge in [0, 0.05) is 43.6 Å². The number of nitrogens with one attached hydrogen (secondary N) is 1. The smallest absolute Gasteiger partial charge is 0.257 e. The zero-order valence-corrected chi connectivity index (χ0v) is 18.3. The largest absolute Gasteiger partial charge is 0.368 e. The summed E-state index contributed by atoms with van der Waals surface area (Å²) in [5, 5.41) is 3.30. The van der Waals surface area contributed by atoms with Crippen molar-refractivity contribution in [1.29, 1.82) is 0 Å². The number of nitrogens with zero attached hydrogens (tertiary/aromatic N) is 2. The molecule has 1 saturated heterocycles. The molecule has 5 nitrogen and oxygen atoms in total. The van der Waals surface area contributed by atoms with E-state index >= 15 is 0 Å². The zero-order valence-electron chi connectivity index (χ0n) is 17.6. The topological polar surface area (TPSA) is 52.7 Å². The Morgan fingerprint density at radius 1 is 0.812 bits per heavy atom. The number of carbonyl (C=O) groups excluding carboxylic acids is 2. The number of hydrogen-bond acceptors (Lipinski definition) is 3. The fourth-order valence-corrected chi connectivity index (χ4v) is 3.84. The van der Waals surface area contributed by atoms with Gasteiger partial charge in [-0.3, -0.25) is 9.59 Å². The molecule has 0 unspecified atom stereocenters. The second-order valence-electron chi connectivity index (χ2n) is 7.54. The van der Waals surface area contributed by atoms with E-state index < -0.39 is 0 Å². The van der Waals surface area contributed by atoms with Gasteiger partial charge in [-0.05, 0) is 48.0 Å². The van der Waals surface area contributed by atoms with Crippen molar-refractivity contribution < 1.29 is 9.59 Å². The maximum absolute atomic E-state index is 12.5. The van der Waals surface area contributed by atoms with Gasteiger partial charge in [0.1, 0.15) is 0 Å². The molecule has 0 bridgehead atoms. The highest BCUT2D eigenvalue weighted by Gasteiger charge is 2.20. The molecule has 3 aromatic rings. The predicted octanol–water partition coefficient (Wildman–Crippen LogP) is 4.95. The van der Waals surface area contributed by atoms with Crippen LogP contribution >= 0.6 is 11.6 Å². The molecule has 0 saturated carbocycles. The number of hydrogen-bond donors (Lipinski definition) is 1. The normalized spacial score (nSPS) is 13.9. The second kappa shape index (κ2) is 10.2. The molecule has 0 aromatic heterocycles. The summed E-state index contributed by atoms with van der Waals surface area (Å²) in [5.41, 5.74) is 3.23. The van der Waals surface area contributed by atoms with Crippen molar-refractivity contribution in [2.75, 3.05) is 36.4 Å². The molecule has 32 heavy (non-hydrogen) atoms. The van der Waals surface area contributed by atoms with Gasteiger partial charge < -0.3 is 15.1 Å². The molecule has 0 spiro atoms. The summed E-state index contributed by atoms with van der Waals surface area (Å²) in [5.74, 6) is -0.204. The SMILES string of the molecule is O=C(Nc1ccc(N2CCN(C(=O)/C=C\c3ccccc3)CC2)cc1)c1ccccc1Cl. The van der Waals surface area contributed by atoms with Crippen molar-refractivity contribution in [2.45, 2.75) is 0 Å². The summed E-state index contributed by atoms with van der Waals surface area (Å²) in [6, 6.07) is 24.5. The summed E-state index contributed by atoms with van der Waals surface area (Å²) in [7, 11) is 0. The molecule has 4 rings (SSSR count). The highest BCUT2D eigenvalue weighted by molar-refractivity contribution is 6.34. The number of anilines is 2. The lowest BCUT2D eigenvalue weighted by Gasteiger charge is -2.35. The number of carbonyl (C=O) groups is 2. The molecule has 6 heteroatoms. The van der Waals surface area contributed by atoms with E-state index in [1.165, 1.54) is 0 Å². The lowest BCUT2D eigenvalue weighted by Crippen LogP contribution is -2.48. The van der Waals surface area contributed by atoms with Gasteiger partial charge in [-0.25, -0.2) is 0 Å². The van der Waals surface area contributed by atoms with Crippen LogP contribution in [0.2, 0.25) is 5.02 Å². The van der Waals surface area contributed by atoms with E-state index in [0.29, 0.717) is 29.4 Å². The van der Waals surface area contributed by atoms with Crippen molar-refractivity contribution in [3.05, 3.63) is 101 Å². The molecule has 0 aliphatic carbocycles. The Balaban J connectivity index is 1.30. The van der Waals surface area contributed by atoms with Gasteiger partial charge in [-0.1, -0.05) is 54.1 Å². The minimum Gasteiger partial charge on any atom is -0.368 e. The Morgan fingerprint density at radius 3 is 2.16 bits per heavy atom. The molecular weight excluding hydrogens is 422 g/mol. The molecule has 1 N–H and O–H groups in total. The first kappa shape index (κ1) is 21.7. The van der Waals surface area contributed by atoms with Crippen molar-refractivity contribution in [2.24, 2.45) is 0 Å². The molecular formula is C26H24ClN3O2. The lowest BCUT2D eigenvalue weighted by atomic mass is 10.2. The van der Waals surface area contributed by atoms with Gasteiger partial charge in [-0.15, -0.1) is 0 Å². The monoisotopic (exact) mass is 445 g/mol. The molecule has 1 aliphatic rings. The summed E-state index contributed by atoms with van der Waals surface area (Å²) in [6.07, 6.45) is 3.49. The highest BCUT2D eigenvalue weighted by Crippen LogP contribution is 2.21.